The van der Waals surface area contributed by atoms with Gasteiger partial charge in [0.25, 0.3) is 5.91 Å². The number of amides is 1. The summed E-state index contributed by atoms with van der Waals surface area (Å²) in [5, 5.41) is 8.83. The second kappa shape index (κ2) is 7.92. The van der Waals surface area contributed by atoms with Crippen LogP contribution in [0.2, 0.25) is 0 Å². The highest BCUT2D eigenvalue weighted by atomic mass is 16.5. The van der Waals surface area contributed by atoms with E-state index in [1.54, 1.807) is 31.2 Å². The van der Waals surface area contributed by atoms with Gasteiger partial charge in [0.05, 0.1) is 11.6 Å². The smallest absolute Gasteiger partial charge is 0.263 e. The summed E-state index contributed by atoms with van der Waals surface area (Å²) in [4.78, 5) is 16.8. The monoisotopic (exact) mass is 349 g/mol. The number of benzene rings is 2. The number of hydrogen-bond acceptors (Lipinski definition) is 4. The first kappa shape index (κ1) is 17.8. The van der Waals surface area contributed by atoms with E-state index in [1.165, 1.54) is 11.3 Å². The lowest BCUT2D eigenvalue weighted by Gasteiger charge is -2.37. The van der Waals surface area contributed by atoms with Gasteiger partial charge in [0.15, 0.2) is 6.10 Å². The standard InChI is InChI=1S/C21H23N3O2/c1-16-4-3-5-19(14-16)23-10-12-24(13-11-23)21(25)17(2)26-20-8-6-18(15-22)7-9-20/h3-9,14,17H,10-13H2,1-2H3/t17-/m0/s1. The Balaban J connectivity index is 1.54. The molecule has 1 atom stereocenters. The number of anilines is 1. The zero-order valence-corrected chi connectivity index (χ0v) is 15.2. The minimum absolute atomic E-state index is 0.00162. The van der Waals surface area contributed by atoms with Gasteiger partial charge < -0.3 is 14.5 Å². The Morgan fingerprint density at radius 1 is 1.12 bits per heavy atom. The summed E-state index contributed by atoms with van der Waals surface area (Å²) in [6.07, 6.45) is -0.548. The van der Waals surface area contributed by atoms with Gasteiger partial charge in [0.2, 0.25) is 0 Å². The predicted molar refractivity (Wildman–Crippen MR) is 101 cm³/mol. The number of hydrogen-bond donors (Lipinski definition) is 0. The Bertz CT molecular complexity index is 803. The Hall–Kier alpha value is -3.00. The van der Waals surface area contributed by atoms with Crippen molar-refractivity contribution in [2.24, 2.45) is 0 Å². The first-order valence-electron chi connectivity index (χ1n) is 8.84. The molecule has 1 saturated heterocycles. The molecule has 134 valence electrons. The Morgan fingerprint density at radius 3 is 2.42 bits per heavy atom. The quantitative estimate of drug-likeness (QED) is 0.851. The van der Waals surface area contributed by atoms with Gasteiger partial charge in [0, 0.05) is 31.9 Å². The summed E-state index contributed by atoms with van der Waals surface area (Å²) in [5.74, 6) is 0.599. The summed E-state index contributed by atoms with van der Waals surface area (Å²) >= 11 is 0. The minimum Gasteiger partial charge on any atom is -0.481 e. The van der Waals surface area contributed by atoms with Crippen molar-refractivity contribution in [2.75, 3.05) is 31.1 Å². The van der Waals surface area contributed by atoms with E-state index in [0.29, 0.717) is 24.4 Å². The van der Waals surface area contributed by atoms with Gasteiger partial charge in [-0.15, -0.1) is 0 Å². The van der Waals surface area contributed by atoms with E-state index in [1.807, 2.05) is 4.90 Å². The molecule has 5 heteroatoms. The number of carbonyl (C=O) groups is 1. The average Bonchev–Trinajstić information content (AvgIpc) is 2.68. The van der Waals surface area contributed by atoms with Gasteiger partial charge in [-0.2, -0.15) is 5.26 Å². The van der Waals surface area contributed by atoms with Crippen LogP contribution in [0, 0.1) is 18.3 Å². The van der Waals surface area contributed by atoms with Crippen LogP contribution in [0.4, 0.5) is 5.69 Å². The van der Waals surface area contributed by atoms with Crippen LogP contribution < -0.4 is 9.64 Å². The van der Waals surface area contributed by atoms with Crippen LogP contribution in [-0.4, -0.2) is 43.1 Å². The fraction of sp³-hybridized carbons (Fsp3) is 0.333. The van der Waals surface area contributed by atoms with Crippen LogP contribution >= 0.6 is 0 Å². The zero-order valence-electron chi connectivity index (χ0n) is 15.2. The molecule has 0 saturated carbocycles. The summed E-state index contributed by atoms with van der Waals surface area (Å²) in [5.41, 5.74) is 3.02. The largest absolute Gasteiger partial charge is 0.481 e. The number of piperazine rings is 1. The average molecular weight is 349 g/mol. The SMILES string of the molecule is Cc1cccc(N2CCN(C(=O)[C@H](C)Oc3ccc(C#N)cc3)CC2)c1. The number of carbonyl (C=O) groups excluding carboxylic acids is 1. The second-order valence-electron chi connectivity index (χ2n) is 6.55. The molecule has 26 heavy (non-hydrogen) atoms. The minimum atomic E-state index is -0.548. The molecule has 0 bridgehead atoms. The van der Waals surface area contributed by atoms with Gasteiger partial charge in [-0.05, 0) is 55.8 Å². The Kier molecular flexibility index (Phi) is 5.43. The van der Waals surface area contributed by atoms with Crippen LogP contribution in [0.5, 0.6) is 5.75 Å². The summed E-state index contributed by atoms with van der Waals surface area (Å²) in [6, 6.07) is 17.3. The highest BCUT2D eigenvalue weighted by Gasteiger charge is 2.26. The normalized spacial score (nSPS) is 15.3. The number of aryl methyl sites for hydroxylation is 1. The van der Waals surface area contributed by atoms with Gasteiger partial charge in [-0.1, -0.05) is 12.1 Å². The van der Waals surface area contributed by atoms with Crippen molar-refractivity contribution < 1.29 is 9.53 Å². The molecular weight excluding hydrogens is 326 g/mol. The number of ether oxygens (including phenoxy) is 1. The number of rotatable bonds is 4. The third-order valence-corrected chi connectivity index (χ3v) is 4.60. The Morgan fingerprint density at radius 2 is 1.81 bits per heavy atom. The van der Waals surface area contributed by atoms with Gasteiger partial charge in [-0.3, -0.25) is 4.79 Å². The third kappa shape index (κ3) is 4.15. The lowest BCUT2D eigenvalue weighted by Crippen LogP contribution is -2.52. The van der Waals surface area contributed by atoms with E-state index in [4.69, 9.17) is 10.00 Å². The molecule has 5 nitrogen and oxygen atoms in total. The van der Waals surface area contributed by atoms with Crippen molar-refractivity contribution in [3.05, 3.63) is 59.7 Å². The molecule has 1 fully saturated rings. The predicted octanol–water partition coefficient (Wildman–Crippen LogP) is 2.98. The van der Waals surface area contributed by atoms with Crippen LogP contribution in [0.3, 0.4) is 0 Å². The molecule has 1 amide bonds. The van der Waals surface area contributed by atoms with Crippen LogP contribution in [-0.2, 0) is 4.79 Å². The maximum atomic E-state index is 12.7. The number of nitriles is 1. The fourth-order valence-electron chi connectivity index (χ4n) is 3.13. The maximum Gasteiger partial charge on any atom is 0.263 e. The molecule has 3 rings (SSSR count). The molecule has 1 heterocycles. The van der Waals surface area contributed by atoms with E-state index in [-0.39, 0.29) is 5.91 Å². The number of nitrogens with zero attached hydrogens (tertiary/aromatic N) is 3. The van der Waals surface area contributed by atoms with Gasteiger partial charge >= 0.3 is 0 Å². The van der Waals surface area contributed by atoms with Gasteiger partial charge in [-0.25, -0.2) is 0 Å². The molecular formula is C21H23N3O2. The highest BCUT2D eigenvalue weighted by Crippen LogP contribution is 2.19. The first-order valence-corrected chi connectivity index (χ1v) is 8.84. The van der Waals surface area contributed by atoms with Crippen molar-refractivity contribution in [1.82, 2.24) is 4.90 Å². The van der Waals surface area contributed by atoms with Crippen LogP contribution in [0.1, 0.15) is 18.1 Å². The lowest BCUT2D eigenvalue weighted by atomic mass is 10.2. The molecule has 2 aromatic carbocycles. The molecule has 1 aliphatic heterocycles. The van der Waals surface area contributed by atoms with Crippen molar-refractivity contribution >= 4 is 11.6 Å². The van der Waals surface area contributed by atoms with Crippen molar-refractivity contribution in [2.45, 2.75) is 20.0 Å². The van der Waals surface area contributed by atoms with E-state index in [2.05, 4.69) is 42.2 Å². The van der Waals surface area contributed by atoms with E-state index in [9.17, 15) is 4.79 Å². The summed E-state index contributed by atoms with van der Waals surface area (Å²) < 4.78 is 5.74. The summed E-state index contributed by atoms with van der Waals surface area (Å²) in [7, 11) is 0. The van der Waals surface area contributed by atoms with Gasteiger partial charge in [0.1, 0.15) is 5.75 Å². The molecule has 0 aliphatic carbocycles. The molecule has 0 aromatic heterocycles. The molecule has 0 N–H and O–H groups in total. The molecule has 0 radical (unpaired) electrons. The molecule has 0 spiro atoms. The van der Waals surface area contributed by atoms with Crippen molar-refractivity contribution in [1.29, 1.82) is 5.26 Å². The topological polar surface area (TPSA) is 56.6 Å². The Labute approximate surface area is 154 Å². The third-order valence-electron chi connectivity index (χ3n) is 4.60. The molecule has 0 unspecified atom stereocenters. The lowest BCUT2D eigenvalue weighted by molar-refractivity contribution is -0.138. The van der Waals surface area contributed by atoms with E-state index < -0.39 is 6.10 Å². The van der Waals surface area contributed by atoms with E-state index in [0.717, 1.165) is 13.1 Å². The fourth-order valence-corrected chi connectivity index (χ4v) is 3.13. The van der Waals surface area contributed by atoms with E-state index >= 15 is 0 Å². The zero-order chi connectivity index (χ0) is 18.5. The maximum absolute atomic E-state index is 12.7. The first-order chi connectivity index (χ1) is 12.6. The highest BCUT2D eigenvalue weighted by molar-refractivity contribution is 5.81. The van der Waals surface area contributed by atoms with Crippen molar-refractivity contribution in [3.8, 4) is 11.8 Å². The molecule has 1 aliphatic rings. The summed E-state index contributed by atoms with van der Waals surface area (Å²) in [6.45, 7) is 6.87. The second-order valence-corrected chi connectivity index (χ2v) is 6.55. The molecule has 2 aromatic rings. The van der Waals surface area contributed by atoms with Crippen LogP contribution in [0.15, 0.2) is 48.5 Å². The van der Waals surface area contributed by atoms with Crippen molar-refractivity contribution in [3.63, 3.8) is 0 Å². The van der Waals surface area contributed by atoms with Crippen LogP contribution in [0.25, 0.3) is 0 Å².